The van der Waals surface area contributed by atoms with Crippen molar-refractivity contribution in [3.05, 3.63) is 97.2 Å². The number of carboxylic acids is 1. The first kappa shape index (κ1) is 77.2. The number of unbranched alkanes of at least 4 members (excludes halogenated alkanes) is 30. The molecule has 0 rings (SSSR count). The number of carbonyl (C=O) groups excluding carboxylic acids is 3. The molecule has 2 atom stereocenters. The molecule has 0 aliphatic carbocycles. The number of hydrogen-bond donors (Lipinski definition) is 0. The average molecular weight is 1130 g/mol. The first-order chi connectivity index (χ1) is 39.6. The Morgan fingerprint density at radius 2 is 0.667 bits per heavy atom. The van der Waals surface area contributed by atoms with Gasteiger partial charge in [0, 0.05) is 12.8 Å². The zero-order valence-corrected chi connectivity index (χ0v) is 53.1. The van der Waals surface area contributed by atoms with E-state index in [1.807, 2.05) is 21.1 Å². The minimum atomic E-state index is -1.63. The van der Waals surface area contributed by atoms with Gasteiger partial charge in [-0.3, -0.25) is 9.59 Å². The molecule has 0 amide bonds. The molecule has 0 aromatic carbocycles. The van der Waals surface area contributed by atoms with E-state index < -0.39 is 24.3 Å². The van der Waals surface area contributed by atoms with Crippen LogP contribution in [-0.4, -0.2) is 82.3 Å². The molecule has 81 heavy (non-hydrogen) atoms. The summed E-state index contributed by atoms with van der Waals surface area (Å²) in [7, 11) is 5.92. The Kier molecular flexibility index (Phi) is 59.3. The van der Waals surface area contributed by atoms with E-state index in [-0.39, 0.29) is 38.6 Å². The van der Waals surface area contributed by atoms with Crippen molar-refractivity contribution in [2.75, 3.05) is 47.5 Å². The van der Waals surface area contributed by atoms with Crippen LogP contribution in [0.25, 0.3) is 0 Å². The minimum Gasteiger partial charge on any atom is -0.545 e. The highest BCUT2D eigenvalue weighted by molar-refractivity contribution is 5.70. The van der Waals surface area contributed by atoms with Gasteiger partial charge < -0.3 is 33.3 Å². The predicted molar refractivity (Wildman–Crippen MR) is 343 cm³/mol. The highest BCUT2D eigenvalue weighted by atomic mass is 16.7. The third-order valence-corrected chi connectivity index (χ3v) is 14.3. The van der Waals surface area contributed by atoms with E-state index in [4.69, 9.17) is 18.9 Å². The lowest BCUT2D eigenvalue weighted by atomic mass is 10.0. The molecular formula is C72H125NO8. The van der Waals surface area contributed by atoms with Crippen molar-refractivity contribution in [3.63, 3.8) is 0 Å². The number of aliphatic carboxylic acids is 1. The molecule has 0 heterocycles. The predicted octanol–water partition coefficient (Wildman–Crippen LogP) is 19.1. The molecule has 0 aromatic rings. The number of carboxylic acid groups (broad SMARTS) is 1. The lowest BCUT2D eigenvalue weighted by Gasteiger charge is -2.26. The number of hydrogen-bond acceptors (Lipinski definition) is 8. The molecule has 0 fully saturated rings. The number of quaternary nitrogens is 1. The Bertz CT molecular complexity index is 1650. The summed E-state index contributed by atoms with van der Waals surface area (Å²) in [5.74, 6) is -2.31. The molecule has 0 N–H and O–H groups in total. The standard InChI is InChI=1S/C72H125NO8/c1-6-8-10-12-14-16-18-20-22-24-25-26-27-28-29-30-31-32-33-34-35-36-37-38-39-40-41-42-43-44-45-47-49-51-53-55-57-59-61-63-70(75)81-68(67-80-72(71(76)77)78-65-64-73(3,4)5)66-79-69(74)62-60-58-56-54-52-50-48-46-23-21-19-17-15-13-11-9-7-2/h8-11,14-17,20-23,25-26,48,50,68,72H,6-7,12-13,18-19,24,27-47,49,51-67H2,1-5H3/b10-8-,11-9-,16-14-,17-15-,22-20-,23-21-,26-25-,50-48-. The minimum absolute atomic E-state index is 0.141. The summed E-state index contributed by atoms with van der Waals surface area (Å²) in [5.41, 5.74) is 0. The van der Waals surface area contributed by atoms with Gasteiger partial charge in [-0.05, 0) is 89.9 Å². The third kappa shape index (κ3) is 63.6. The second kappa shape index (κ2) is 62.3. The van der Waals surface area contributed by atoms with Gasteiger partial charge in [-0.15, -0.1) is 0 Å². The van der Waals surface area contributed by atoms with Crippen molar-refractivity contribution in [3.8, 4) is 0 Å². The monoisotopic (exact) mass is 1130 g/mol. The van der Waals surface area contributed by atoms with E-state index in [0.717, 1.165) is 89.9 Å². The molecule has 466 valence electrons. The third-order valence-electron chi connectivity index (χ3n) is 14.3. The number of likely N-dealkylation sites (N-methyl/N-ethyl adjacent to an activating group) is 1. The maximum Gasteiger partial charge on any atom is 0.306 e. The summed E-state index contributed by atoms with van der Waals surface area (Å²) in [6, 6.07) is 0. The van der Waals surface area contributed by atoms with Crippen LogP contribution in [-0.2, 0) is 33.3 Å². The van der Waals surface area contributed by atoms with Crippen molar-refractivity contribution in [1.29, 1.82) is 0 Å². The van der Waals surface area contributed by atoms with Gasteiger partial charge in [0.25, 0.3) is 0 Å². The SMILES string of the molecule is CC/C=C\C/C=C\C/C=C\C/C=C\CCCCCCCCCCCCCCCCCCCCCCCCCCCCC(=O)OC(COC(=O)CCCCCC/C=C\C/C=C\C/C=C\C/C=C\CC)COC(OCC[N+](C)(C)C)C(=O)[O-]. The molecule has 0 aliphatic heterocycles. The molecule has 0 bridgehead atoms. The van der Waals surface area contributed by atoms with Gasteiger partial charge in [-0.2, -0.15) is 0 Å². The Morgan fingerprint density at radius 3 is 0.988 bits per heavy atom. The molecule has 2 unspecified atom stereocenters. The summed E-state index contributed by atoms with van der Waals surface area (Å²) in [6.45, 7) is 4.51. The second-order valence-corrected chi connectivity index (χ2v) is 23.3. The zero-order chi connectivity index (χ0) is 59.1. The molecule has 9 nitrogen and oxygen atoms in total. The molecule has 0 saturated heterocycles. The fourth-order valence-corrected chi connectivity index (χ4v) is 9.29. The van der Waals surface area contributed by atoms with E-state index in [2.05, 4.69) is 111 Å². The second-order valence-electron chi connectivity index (χ2n) is 23.3. The van der Waals surface area contributed by atoms with Crippen LogP contribution in [0.15, 0.2) is 97.2 Å². The van der Waals surface area contributed by atoms with E-state index >= 15 is 0 Å². The van der Waals surface area contributed by atoms with E-state index in [1.165, 1.54) is 154 Å². The fourth-order valence-electron chi connectivity index (χ4n) is 9.29. The van der Waals surface area contributed by atoms with Crippen molar-refractivity contribution in [2.45, 2.75) is 296 Å². The van der Waals surface area contributed by atoms with Gasteiger partial charge >= 0.3 is 11.9 Å². The van der Waals surface area contributed by atoms with Crippen LogP contribution in [0.4, 0.5) is 0 Å². The van der Waals surface area contributed by atoms with Crippen LogP contribution < -0.4 is 5.11 Å². The van der Waals surface area contributed by atoms with E-state index in [1.54, 1.807) is 0 Å². The lowest BCUT2D eigenvalue weighted by molar-refractivity contribution is -0.870. The summed E-state index contributed by atoms with van der Waals surface area (Å²) >= 11 is 0. The first-order valence-electron chi connectivity index (χ1n) is 33.4. The number of allylic oxidation sites excluding steroid dienone is 16. The maximum atomic E-state index is 12.9. The highest BCUT2D eigenvalue weighted by Gasteiger charge is 2.22. The molecule has 0 aromatic heterocycles. The van der Waals surface area contributed by atoms with E-state index in [0.29, 0.717) is 23.9 Å². The van der Waals surface area contributed by atoms with E-state index in [9.17, 15) is 19.5 Å². The summed E-state index contributed by atoms with van der Waals surface area (Å²) in [6.07, 6.45) is 82.2. The lowest BCUT2D eigenvalue weighted by Crippen LogP contribution is -2.44. The molecule has 0 spiro atoms. The summed E-state index contributed by atoms with van der Waals surface area (Å²) in [4.78, 5) is 37.3. The maximum absolute atomic E-state index is 12.9. The first-order valence-corrected chi connectivity index (χ1v) is 33.4. The molecule has 0 saturated carbocycles. The number of carbonyl (C=O) groups is 3. The Balaban J connectivity index is 4.00. The Morgan fingerprint density at radius 1 is 0.370 bits per heavy atom. The fraction of sp³-hybridized carbons (Fsp3) is 0.736. The van der Waals surface area contributed by atoms with Gasteiger partial charge in [0.05, 0.1) is 40.3 Å². The number of rotatable bonds is 61. The van der Waals surface area contributed by atoms with Crippen LogP contribution in [0.5, 0.6) is 0 Å². The van der Waals surface area contributed by atoms with Gasteiger partial charge in [-0.25, -0.2) is 0 Å². The Labute approximate surface area is 499 Å². The van der Waals surface area contributed by atoms with Gasteiger partial charge in [-0.1, -0.05) is 278 Å². The van der Waals surface area contributed by atoms with Crippen LogP contribution in [0.2, 0.25) is 0 Å². The summed E-state index contributed by atoms with van der Waals surface area (Å²) in [5, 5.41) is 11.8. The van der Waals surface area contributed by atoms with Crippen molar-refractivity contribution < 1.29 is 42.9 Å². The van der Waals surface area contributed by atoms with Gasteiger partial charge in [0.15, 0.2) is 12.4 Å². The van der Waals surface area contributed by atoms with Crippen LogP contribution >= 0.6 is 0 Å². The quantitative estimate of drug-likeness (QED) is 0.0195. The van der Waals surface area contributed by atoms with Crippen molar-refractivity contribution in [1.82, 2.24) is 0 Å². The number of esters is 2. The number of nitrogens with zero attached hydrogens (tertiary/aromatic N) is 1. The Hall–Kier alpha value is -3.79. The summed E-state index contributed by atoms with van der Waals surface area (Å²) < 4.78 is 22.7. The highest BCUT2D eigenvalue weighted by Crippen LogP contribution is 2.18. The van der Waals surface area contributed by atoms with Crippen molar-refractivity contribution in [2.24, 2.45) is 0 Å². The van der Waals surface area contributed by atoms with Crippen LogP contribution in [0.3, 0.4) is 0 Å². The van der Waals surface area contributed by atoms with Gasteiger partial charge in [0.1, 0.15) is 13.2 Å². The smallest absolute Gasteiger partial charge is 0.306 e. The molecule has 0 aliphatic rings. The number of ether oxygens (including phenoxy) is 4. The largest absolute Gasteiger partial charge is 0.545 e. The van der Waals surface area contributed by atoms with Gasteiger partial charge in [0.2, 0.25) is 0 Å². The van der Waals surface area contributed by atoms with Crippen LogP contribution in [0.1, 0.15) is 284 Å². The molecular weight excluding hydrogens is 1010 g/mol. The van der Waals surface area contributed by atoms with Crippen LogP contribution in [0, 0.1) is 0 Å². The topological polar surface area (TPSA) is 111 Å². The van der Waals surface area contributed by atoms with Crippen molar-refractivity contribution >= 4 is 17.9 Å². The normalized spacial score (nSPS) is 13.3. The molecule has 9 heteroatoms. The zero-order valence-electron chi connectivity index (χ0n) is 53.1. The molecule has 0 radical (unpaired) electrons. The average Bonchev–Trinajstić information content (AvgIpc) is 3.44.